The van der Waals surface area contributed by atoms with Gasteiger partial charge in [0.15, 0.2) is 0 Å². The van der Waals surface area contributed by atoms with Crippen LogP contribution in [0.15, 0.2) is 18.2 Å². The van der Waals surface area contributed by atoms with Crippen LogP contribution in [-0.2, 0) is 11.2 Å². The van der Waals surface area contributed by atoms with Crippen molar-refractivity contribution in [3.05, 3.63) is 33.8 Å². The first kappa shape index (κ1) is 14.6. The summed E-state index contributed by atoms with van der Waals surface area (Å²) in [5, 5.41) is 1.13. The van der Waals surface area contributed by atoms with E-state index in [1.807, 2.05) is 17.0 Å². The first-order valence-electron chi connectivity index (χ1n) is 6.53. The first-order valence-corrected chi connectivity index (χ1v) is 7.29. The molecular formula is C14H18Cl2N2O. The number of aryl methyl sites for hydroxylation is 1. The van der Waals surface area contributed by atoms with Crippen LogP contribution in [0.1, 0.15) is 24.8 Å². The van der Waals surface area contributed by atoms with E-state index in [9.17, 15) is 4.79 Å². The van der Waals surface area contributed by atoms with Gasteiger partial charge >= 0.3 is 0 Å². The van der Waals surface area contributed by atoms with Crippen LogP contribution in [0.4, 0.5) is 0 Å². The predicted octanol–water partition coefficient (Wildman–Crippen LogP) is 2.88. The van der Waals surface area contributed by atoms with E-state index in [0.717, 1.165) is 31.4 Å². The highest BCUT2D eigenvalue weighted by Crippen LogP contribution is 2.23. The molecule has 1 saturated heterocycles. The van der Waals surface area contributed by atoms with Crippen LogP contribution in [-0.4, -0.2) is 29.9 Å². The summed E-state index contributed by atoms with van der Waals surface area (Å²) in [5.41, 5.74) is 6.90. The van der Waals surface area contributed by atoms with E-state index >= 15 is 0 Å². The Balaban J connectivity index is 1.77. The molecule has 0 aromatic heterocycles. The van der Waals surface area contributed by atoms with E-state index in [1.165, 1.54) is 0 Å². The number of nitrogens with zero attached hydrogens (tertiary/aromatic N) is 1. The van der Waals surface area contributed by atoms with Crippen LogP contribution >= 0.6 is 23.2 Å². The average molecular weight is 301 g/mol. The highest BCUT2D eigenvalue weighted by molar-refractivity contribution is 6.42. The molecule has 0 saturated carbocycles. The Bertz CT molecular complexity index is 465. The van der Waals surface area contributed by atoms with Crippen molar-refractivity contribution in [3.8, 4) is 0 Å². The number of amides is 1. The summed E-state index contributed by atoms with van der Waals surface area (Å²) in [6.07, 6.45) is 3.14. The fraction of sp³-hybridized carbons (Fsp3) is 0.500. The maximum Gasteiger partial charge on any atom is 0.222 e. The third-order valence-electron chi connectivity index (χ3n) is 3.42. The summed E-state index contributed by atoms with van der Waals surface area (Å²) in [7, 11) is 0. The number of carbonyl (C=O) groups excluding carboxylic acids is 1. The Kier molecular flexibility index (Phi) is 5.08. The SMILES string of the molecule is N[C@@H]1CCN(C(=O)CCCc2ccc(Cl)c(Cl)c2)C1. The van der Waals surface area contributed by atoms with Crippen LogP contribution in [0, 0.1) is 0 Å². The quantitative estimate of drug-likeness (QED) is 0.929. The van der Waals surface area contributed by atoms with E-state index in [2.05, 4.69) is 0 Å². The summed E-state index contributed by atoms with van der Waals surface area (Å²) in [5.74, 6) is 0.202. The van der Waals surface area contributed by atoms with Gasteiger partial charge in [-0.1, -0.05) is 29.3 Å². The van der Waals surface area contributed by atoms with E-state index in [4.69, 9.17) is 28.9 Å². The zero-order valence-electron chi connectivity index (χ0n) is 10.7. The Labute approximate surface area is 123 Å². The molecule has 1 fully saturated rings. The number of hydrogen-bond donors (Lipinski definition) is 1. The van der Waals surface area contributed by atoms with Crippen molar-refractivity contribution >= 4 is 29.1 Å². The van der Waals surface area contributed by atoms with Crippen LogP contribution in [0.2, 0.25) is 10.0 Å². The topological polar surface area (TPSA) is 46.3 Å². The summed E-state index contributed by atoms with van der Waals surface area (Å²) >= 11 is 11.8. The van der Waals surface area contributed by atoms with Crippen LogP contribution in [0.5, 0.6) is 0 Å². The standard InChI is InChI=1S/C14H18Cl2N2O/c15-12-5-4-10(8-13(12)16)2-1-3-14(19)18-7-6-11(17)9-18/h4-5,8,11H,1-3,6-7,9,17H2/t11-/m1/s1. The van der Waals surface area contributed by atoms with Crippen molar-refractivity contribution in [2.75, 3.05) is 13.1 Å². The van der Waals surface area contributed by atoms with Crippen molar-refractivity contribution in [1.82, 2.24) is 4.90 Å². The van der Waals surface area contributed by atoms with Gasteiger partial charge in [-0.15, -0.1) is 0 Å². The molecule has 1 aromatic carbocycles. The van der Waals surface area contributed by atoms with Crippen LogP contribution in [0.25, 0.3) is 0 Å². The number of benzene rings is 1. The predicted molar refractivity (Wildman–Crippen MR) is 78.6 cm³/mol. The summed E-state index contributed by atoms with van der Waals surface area (Å²) in [4.78, 5) is 13.8. The summed E-state index contributed by atoms with van der Waals surface area (Å²) in [6, 6.07) is 5.75. The lowest BCUT2D eigenvalue weighted by Gasteiger charge is -2.15. The van der Waals surface area contributed by atoms with E-state index in [0.29, 0.717) is 23.0 Å². The zero-order chi connectivity index (χ0) is 13.8. The molecule has 0 spiro atoms. The molecule has 1 atom stereocenters. The maximum atomic E-state index is 11.9. The highest BCUT2D eigenvalue weighted by atomic mass is 35.5. The van der Waals surface area contributed by atoms with Crippen LogP contribution < -0.4 is 5.73 Å². The van der Waals surface area contributed by atoms with Gasteiger partial charge in [-0.3, -0.25) is 4.79 Å². The Morgan fingerprint density at radius 1 is 1.37 bits per heavy atom. The van der Waals surface area contributed by atoms with E-state index in [1.54, 1.807) is 6.07 Å². The minimum atomic E-state index is 0.152. The normalized spacial score (nSPS) is 18.9. The number of hydrogen-bond acceptors (Lipinski definition) is 2. The summed E-state index contributed by atoms with van der Waals surface area (Å²) in [6.45, 7) is 1.50. The van der Waals surface area contributed by atoms with Crippen LogP contribution in [0.3, 0.4) is 0 Å². The molecule has 1 heterocycles. The Morgan fingerprint density at radius 3 is 2.79 bits per heavy atom. The number of rotatable bonds is 4. The average Bonchev–Trinajstić information content (AvgIpc) is 2.80. The molecule has 1 aliphatic rings. The molecule has 3 nitrogen and oxygen atoms in total. The molecule has 19 heavy (non-hydrogen) atoms. The second-order valence-corrected chi connectivity index (χ2v) is 5.80. The van der Waals surface area contributed by atoms with Gasteiger partial charge in [0.1, 0.15) is 0 Å². The third-order valence-corrected chi connectivity index (χ3v) is 4.16. The third kappa shape index (κ3) is 4.10. The molecule has 0 radical (unpaired) electrons. The number of carbonyl (C=O) groups is 1. The number of likely N-dealkylation sites (tertiary alicyclic amines) is 1. The van der Waals surface area contributed by atoms with Gasteiger partial charge in [-0.2, -0.15) is 0 Å². The Hall–Kier alpha value is -0.770. The lowest BCUT2D eigenvalue weighted by Crippen LogP contribution is -2.31. The van der Waals surface area contributed by atoms with Gasteiger partial charge in [0.2, 0.25) is 5.91 Å². The van der Waals surface area contributed by atoms with Gasteiger partial charge in [-0.25, -0.2) is 0 Å². The molecule has 0 unspecified atom stereocenters. The maximum absolute atomic E-state index is 11.9. The molecule has 1 aliphatic heterocycles. The lowest BCUT2D eigenvalue weighted by molar-refractivity contribution is -0.130. The van der Waals surface area contributed by atoms with Gasteiger partial charge in [-0.05, 0) is 37.0 Å². The van der Waals surface area contributed by atoms with Gasteiger partial charge in [0.05, 0.1) is 10.0 Å². The molecule has 1 amide bonds. The fourth-order valence-electron chi connectivity index (χ4n) is 2.31. The molecule has 2 N–H and O–H groups in total. The fourth-order valence-corrected chi connectivity index (χ4v) is 2.63. The lowest BCUT2D eigenvalue weighted by atomic mass is 10.1. The molecule has 0 bridgehead atoms. The van der Waals surface area contributed by atoms with Crippen molar-refractivity contribution in [2.45, 2.75) is 31.7 Å². The molecule has 104 valence electrons. The minimum Gasteiger partial charge on any atom is -0.341 e. The molecule has 5 heteroatoms. The van der Waals surface area contributed by atoms with Gasteiger partial charge < -0.3 is 10.6 Å². The summed E-state index contributed by atoms with van der Waals surface area (Å²) < 4.78 is 0. The van der Waals surface area contributed by atoms with E-state index < -0.39 is 0 Å². The molecule has 2 rings (SSSR count). The highest BCUT2D eigenvalue weighted by Gasteiger charge is 2.22. The smallest absolute Gasteiger partial charge is 0.222 e. The van der Waals surface area contributed by atoms with Crippen molar-refractivity contribution in [2.24, 2.45) is 5.73 Å². The minimum absolute atomic E-state index is 0.152. The second kappa shape index (κ2) is 6.60. The largest absolute Gasteiger partial charge is 0.341 e. The molecule has 1 aromatic rings. The number of halogens is 2. The molecule has 0 aliphatic carbocycles. The van der Waals surface area contributed by atoms with Crippen molar-refractivity contribution in [1.29, 1.82) is 0 Å². The monoisotopic (exact) mass is 300 g/mol. The van der Waals surface area contributed by atoms with Crippen molar-refractivity contribution < 1.29 is 4.79 Å². The number of nitrogens with two attached hydrogens (primary N) is 1. The zero-order valence-corrected chi connectivity index (χ0v) is 12.3. The van der Waals surface area contributed by atoms with Gasteiger partial charge in [0, 0.05) is 25.6 Å². The molecular weight excluding hydrogens is 283 g/mol. The van der Waals surface area contributed by atoms with Gasteiger partial charge in [0.25, 0.3) is 0 Å². The second-order valence-electron chi connectivity index (χ2n) is 4.99. The first-order chi connectivity index (χ1) is 9.06. The Morgan fingerprint density at radius 2 is 2.16 bits per heavy atom. The van der Waals surface area contributed by atoms with E-state index in [-0.39, 0.29) is 11.9 Å². The van der Waals surface area contributed by atoms with Crippen molar-refractivity contribution in [3.63, 3.8) is 0 Å².